The predicted octanol–water partition coefficient (Wildman–Crippen LogP) is 1.31. The molecule has 0 amide bonds. The molecule has 1 saturated heterocycles. The molecule has 0 aromatic heterocycles. The first-order valence-electron chi connectivity index (χ1n) is 5.33. The van der Waals surface area contributed by atoms with Crippen LogP contribution in [0, 0.1) is 18.3 Å². The second-order valence-electron chi connectivity index (χ2n) is 3.98. The average Bonchev–Trinajstić information content (AvgIpc) is 2.29. The minimum atomic E-state index is -0.328. The van der Waals surface area contributed by atoms with Crippen molar-refractivity contribution < 1.29 is 4.74 Å². The fraction of sp³-hybridized carbons (Fsp3) is 0.417. The van der Waals surface area contributed by atoms with Gasteiger partial charge >= 0.3 is 0 Å². The van der Waals surface area contributed by atoms with Crippen molar-refractivity contribution in [3.05, 3.63) is 23.8 Å². The van der Waals surface area contributed by atoms with Gasteiger partial charge in [0.05, 0.1) is 19.2 Å². The number of hydrogen-bond acceptors (Lipinski definition) is 4. The fourth-order valence-electron chi connectivity index (χ4n) is 1.98. The Kier molecular flexibility index (Phi) is 2.97. The molecule has 0 radical (unpaired) electrons. The highest BCUT2D eigenvalue weighted by Gasteiger charge is 2.20. The first kappa shape index (κ1) is 10.8. The largest absolute Gasteiger partial charge is 0.399 e. The summed E-state index contributed by atoms with van der Waals surface area (Å²) in [5.41, 5.74) is 8.76. The van der Waals surface area contributed by atoms with Crippen molar-refractivity contribution in [1.82, 2.24) is 0 Å². The molecule has 4 heteroatoms. The van der Waals surface area contributed by atoms with E-state index in [0.717, 1.165) is 23.5 Å². The molecule has 16 heavy (non-hydrogen) atoms. The van der Waals surface area contributed by atoms with Crippen LogP contribution in [0.1, 0.15) is 5.56 Å². The molecule has 1 unspecified atom stereocenters. The van der Waals surface area contributed by atoms with Crippen LogP contribution in [0.25, 0.3) is 0 Å². The summed E-state index contributed by atoms with van der Waals surface area (Å²) in [7, 11) is 0. The van der Waals surface area contributed by atoms with Gasteiger partial charge in [-0.3, -0.25) is 0 Å². The monoisotopic (exact) mass is 217 g/mol. The molecule has 1 aromatic rings. The summed E-state index contributed by atoms with van der Waals surface area (Å²) in [6.45, 7) is 4.08. The van der Waals surface area contributed by atoms with Gasteiger partial charge in [-0.05, 0) is 30.7 Å². The predicted molar refractivity (Wildman–Crippen MR) is 63.2 cm³/mol. The molecule has 0 saturated carbocycles. The van der Waals surface area contributed by atoms with E-state index in [1.807, 2.05) is 25.1 Å². The van der Waals surface area contributed by atoms with Gasteiger partial charge < -0.3 is 15.4 Å². The first-order chi connectivity index (χ1) is 7.70. The van der Waals surface area contributed by atoms with Crippen molar-refractivity contribution in [1.29, 1.82) is 5.26 Å². The first-order valence-corrected chi connectivity index (χ1v) is 5.33. The normalized spacial score (nSPS) is 20.5. The van der Waals surface area contributed by atoms with Crippen LogP contribution in [0.4, 0.5) is 11.4 Å². The van der Waals surface area contributed by atoms with Crippen molar-refractivity contribution in [3.8, 4) is 6.07 Å². The van der Waals surface area contributed by atoms with Crippen molar-refractivity contribution in [2.24, 2.45) is 0 Å². The molecular formula is C12H15N3O. The van der Waals surface area contributed by atoms with E-state index in [-0.39, 0.29) is 6.10 Å². The van der Waals surface area contributed by atoms with E-state index in [9.17, 15) is 0 Å². The standard InChI is InChI=1S/C12H15N3O/c1-9-6-10(14)2-3-12(9)15-4-5-16-11(7-13)8-15/h2-3,6,11H,4-5,8,14H2,1H3. The maximum Gasteiger partial charge on any atom is 0.161 e. The van der Waals surface area contributed by atoms with E-state index in [0.29, 0.717) is 13.2 Å². The molecule has 1 fully saturated rings. The third-order valence-corrected chi connectivity index (χ3v) is 2.77. The molecule has 1 aliphatic heterocycles. The van der Waals surface area contributed by atoms with Gasteiger partial charge in [-0.25, -0.2) is 0 Å². The Hall–Kier alpha value is -1.73. The van der Waals surface area contributed by atoms with Crippen molar-refractivity contribution in [2.75, 3.05) is 30.3 Å². The number of nitrogen functional groups attached to an aromatic ring is 1. The SMILES string of the molecule is Cc1cc(N)ccc1N1CCOC(C#N)C1. The molecule has 0 bridgehead atoms. The lowest BCUT2D eigenvalue weighted by Crippen LogP contribution is -2.42. The molecule has 1 atom stereocenters. The van der Waals surface area contributed by atoms with Crippen molar-refractivity contribution in [2.45, 2.75) is 13.0 Å². The summed E-state index contributed by atoms with van der Waals surface area (Å²) in [6.07, 6.45) is -0.328. The second-order valence-corrected chi connectivity index (χ2v) is 3.98. The summed E-state index contributed by atoms with van der Waals surface area (Å²) < 4.78 is 5.31. The van der Waals surface area contributed by atoms with Crippen LogP contribution in [0.3, 0.4) is 0 Å². The van der Waals surface area contributed by atoms with Gasteiger partial charge in [-0.15, -0.1) is 0 Å². The molecule has 1 heterocycles. The number of ether oxygens (including phenoxy) is 1. The van der Waals surface area contributed by atoms with E-state index in [1.54, 1.807) is 0 Å². The van der Waals surface area contributed by atoms with Crippen LogP contribution in [0.5, 0.6) is 0 Å². The zero-order chi connectivity index (χ0) is 11.5. The number of hydrogen-bond donors (Lipinski definition) is 1. The zero-order valence-corrected chi connectivity index (χ0v) is 9.31. The number of anilines is 2. The summed E-state index contributed by atoms with van der Waals surface area (Å²) in [5.74, 6) is 0. The molecular weight excluding hydrogens is 202 g/mol. The van der Waals surface area contributed by atoms with Gasteiger partial charge in [0.2, 0.25) is 0 Å². The summed E-state index contributed by atoms with van der Waals surface area (Å²) in [6, 6.07) is 7.99. The molecule has 4 nitrogen and oxygen atoms in total. The van der Waals surface area contributed by atoms with Gasteiger partial charge in [0.1, 0.15) is 0 Å². The molecule has 84 valence electrons. The Labute approximate surface area is 95.2 Å². The average molecular weight is 217 g/mol. The second kappa shape index (κ2) is 4.42. The van der Waals surface area contributed by atoms with Gasteiger partial charge in [0.15, 0.2) is 6.10 Å². The molecule has 2 N–H and O–H groups in total. The minimum absolute atomic E-state index is 0.328. The van der Waals surface area contributed by atoms with Crippen molar-refractivity contribution >= 4 is 11.4 Å². The lowest BCUT2D eigenvalue weighted by molar-refractivity contribution is 0.0764. The smallest absolute Gasteiger partial charge is 0.161 e. The van der Waals surface area contributed by atoms with Crippen LogP contribution >= 0.6 is 0 Å². The van der Waals surface area contributed by atoms with Crippen molar-refractivity contribution in [3.63, 3.8) is 0 Å². The number of aryl methyl sites for hydroxylation is 1. The zero-order valence-electron chi connectivity index (χ0n) is 9.31. The fourth-order valence-corrected chi connectivity index (χ4v) is 1.98. The van der Waals surface area contributed by atoms with E-state index in [2.05, 4.69) is 11.0 Å². The molecule has 0 spiro atoms. The minimum Gasteiger partial charge on any atom is -0.399 e. The number of nitriles is 1. The molecule has 1 aromatic carbocycles. The maximum atomic E-state index is 8.85. The van der Waals surface area contributed by atoms with Crippen LogP contribution in [0.15, 0.2) is 18.2 Å². The highest BCUT2D eigenvalue weighted by Crippen LogP contribution is 2.24. The van der Waals surface area contributed by atoms with E-state index < -0.39 is 0 Å². The van der Waals surface area contributed by atoms with Gasteiger partial charge in [-0.2, -0.15) is 5.26 Å². The lowest BCUT2D eigenvalue weighted by atomic mass is 10.1. The lowest BCUT2D eigenvalue weighted by Gasteiger charge is -2.32. The number of morpholine rings is 1. The van der Waals surface area contributed by atoms with Crippen LogP contribution in [-0.4, -0.2) is 25.8 Å². The van der Waals surface area contributed by atoms with Crippen LogP contribution < -0.4 is 10.6 Å². The summed E-state index contributed by atoms with van der Waals surface area (Å²) in [5, 5.41) is 8.85. The van der Waals surface area contributed by atoms with E-state index in [1.165, 1.54) is 0 Å². The van der Waals surface area contributed by atoms with Gasteiger partial charge in [0, 0.05) is 17.9 Å². The summed E-state index contributed by atoms with van der Waals surface area (Å²) >= 11 is 0. The number of rotatable bonds is 1. The van der Waals surface area contributed by atoms with Gasteiger partial charge in [0.25, 0.3) is 0 Å². The van der Waals surface area contributed by atoms with E-state index in [4.69, 9.17) is 15.7 Å². The number of nitrogens with two attached hydrogens (primary N) is 1. The van der Waals surface area contributed by atoms with Crippen LogP contribution in [0.2, 0.25) is 0 Å². The molecule has 0 aliphatic carbocycles. The third-order valence-electron chi connectivity index (χ3n) is 2.77. The Bertz CT molecular complexity index is 425. The Morgan fingerprint density at radius 3 is 3.06 bits per heavy atom. The number of nitrogens with zero attached hydrogens (tertiary/aromatic N) is 2. The highest BCUT2D eigenvalue weighted by atomic mass is 16.5. The quantitative estimate of drug-likeness (QED) is 0.720. The van der Waals surface area contributed by atoms with Gasteiger partial charge in [-0.1, -0.05) is 0 Å². The Morgan fingerprint density at radius 1 is 1.56 bits per heavy atom. The Balaban J connectivity index is 2.20. The topological polar surface area (TPSA) is 62.3 Å². The molecule has 2 rings (SSSR count). The maximum absolute atomic E-state index is 8.85. The van der Waals surface area contributed by atoms with E-state index >= 15 is 0 Å². The number of benzene rings is 1. The van der Waals surface area contributed by atoms with Crippen LogP contribution in [-0.2, 0) is 4.74 Å². The highest BCUT2D eigenvalue weighted by molar-refractivity contribution is 5.59. The molecule has 1 aliphatic rings. The summed E-state index contributed by atoms with van der Waals surface area (Å²) in [4.78, 5) is 2.17. The Morgan fingerprint density at radius 2 is 2.38 bits per heavy atom. The third kappa shape index (κ3) is 2.10.